The minimum absolute atomic E-state index is 0.114. The molecule has 168 valence electrons. The standard InChI is InChI=1S/C25H19Cl2IN2O3/c1-15-6-3-4-7-17(15)14-33-24-21(28)11-16(12-22(24)32-2)10-18(13-29)25(31)30-23-19(26)8-5-9-20(23)27/h3-12H,14H2,1-2H3,(H,30,31)/b18-10+. The van der Waals surface area contributed by atoms with Crippen LogP contribution in [0.1, 0.15) is 16.7 Å². The Morgan fingerprint density at radius 1 is 1.15 bits per heavy atom. The van der Waals surface area contributed by atoms with E-state index in [9.17, 15) is 10.1 Å². The first-order chi connectivity index (χ1) is 15.8. The topological polar surface area (TPSA) is 71.3 Å². The lowest BCUT2D eigenvalue weighted by molar-refractivity contribution is -0.112. The van der Waals surface area contributed by atoms with Gasteiger partial charge in [0, 0.05) is 0 Å². The van der Waals surface area contributed by atoms with Crippen LogP contribution in [0.5, 0.6) is 11.5 Å². The number of carbonyl (C=O) groups is 1. The number of aryl methyl sites for hydroxylation is 1. The second-order valence-corrected chi connectivity index (χ2v) is 8.95. The monoisotopic (exact) mass is 592 g/mol. The molecule has 0 saturated heterocycles. The highest BCUT2D eigenvalue weighted by atomic mass is 127. The third kappa shape index (κ3) is 6.20. The molecule has 0 unspecified atom stereocenters. The normalized spacial score (nSPS) is 11.0. The molecule has 3 aromatic rings. The van der Waals surface area contributed by atoms with Crippen molar-refractivity contribution in [2.75, 3.05) is 12.4 Å². The van der Waals surface area contributed by atoms with E-state index in [1.807, 2.05) is 43.3 Å². The number of hydrogen-bond donors (Lipinski definition) is 1. The molecule has 5 nitrogen and oxygen atoms in total. The number of methoxy groups -OCH3 is 1. The molecular weight excluding hydrogens is 574 g/mol. The zero-order valence-corrected chi connectivity index (χ0v) is 21.5. The number of carbonyl (C=O) groups excluding carboxylic acids is 1. The van der Waals surface area contributed by atoms with Crippen LogP contribution >= 0.6 is 45.8 Å². The number of benzene rings is 3. The van der Waals surface area contributed by atoms with E-state index in [0.29, 0.717) is 23.7 Å². The molecule has 0 fully saturated rings. The lowest BCUT2D eigenvalue weighted by Crippen LogP contribution is -2.14. The smallest absolute Gasteiger partial charge is 0.266 e. The average molecular weight is 593 g/mol. The van der Waals surface area contributed by atoms with Crippen molar-refractivity contribution in [2.24, 2.45) is 0 Å². The van der Waals surface area contributed by atoms with Crippen molar-refractivity contribution >= 4 is 63.5 Å². The molecule has 0 aliphatic rings. The maximum Gasteiger partial charge on any atom is 0.266 e. The van der Waals surface area contributed by atoms with Crippen LogP contribution in [0, 0.1) is 21.8 Å². The van der Waals surface area contributed by atoms with Crippen LogP contribution in [-0.4, -0.2) is 13.0 Å². The Hall–Kier alpha value is -2.73. The second kappa shape index (κ2) is 11.4. The molecule has 0 aromatic heterocycles. The number of rotatable bonds is 7. The fourth-order valence-electron chi connectivity index (χ4n) is 3.00. The molecule has 0 spiro atoms. The Kier molecular flexibility index (Phi) is 8.61. The van der Waals surface area contributed by atoms with Gasteiger partial charge < -0.3 is 14.8 Å². The van der Waals surface area contributed by atoms with Crippen molar-refractivity contribution in [2.45, 2.75) is 13.5 Å². The summed E-state index contributed by atoms with van der Waals surface area (Å²) in [5.74, 6) is 0.458. The Bertz CT molecular complexity index is 1250. The first kappa shape index (κ1) is 24.9. The van der Waals surface area contributed by atoms with Gasteiger partial charge in [-0.15, -0.1) is 0 Å². The summed E-state index contributed by atoms with van der Waals surface area (Å²) in [7, 11) is 1.54. The van der Waals surface area contributed by atoms with Crippen LogP contribution in [-0.2, 0) is 11.4 Å². The fourth-order valence-corrected chi connectivity index (χ4v) is 4.27. The predicted molar refractivity (Wildman–Crippen MR) is 140 cm³/mol. The SMILES string of the molecule is COc1cc(/C=C(\C#N)C(=O)Nc2c(Cl)cccc2Cl)cc(I)c1OCc1ccccc1C. The van der Waals surface area contributed by atoms with Gasteiger partial charge >= 0.3 is 0 Å². The lowest BCUT2D eigenvalue weighted by atomic mass is 10.1. The summed E-state index contributed by atoms with van der Waals surface area (Å²) in [5.41, 5.74) is 2.95. The summed E-state index contributed by atoms with van der Waals surface area (Å²) in [6.45, 7) is 2.41. The Morgan fingerprint density at radius 2 is 1.85 bits per heavy atom. The molecule has 0 atom stereocenters. The van der Waals surface area contributed by atoms with Gasteiger partial charge in [-0.1, -0.05) is 53.5 Å². The highest BCUT2D eigenvalue weighted by molar-refractivity contribution is 14.1. The van der Waals surface area contributed by atoms with Gasteiger partial charge in [0.15, 0.2) is 11.5 Å². The van der Waals surface area contributed by atoms with E-state index in [1.165, 1.54) is 13.2 Å². The molecule has 1 amide bonds. The summed E-state index contributed by atoms with van der Waals surface area (Å²) in [6, 6.07) is 18.3. The third-order valence-corrected chi connectivity index (χ3v) is 6.19. The van der Waals surface area contributed by atoms with Crippen molar-refractivity contribution in [3.8, 4) is 17.6 Å². The molecule has 0 heterocycles. The van der Waals surface area contributed by atoms with Crippen molar-refractivity contribution in [3.05, 3.63) is 90.5 Å². The number of anilines is 1. The Morgan fingerprint density at radius 3 is 2.48 bits per heavy atom. The molecule has 0 bridgehead atoms. The summed E-state index contributed by atoms with van der Waals surface area (Å²) in [6.07, 6.45) is 1.47. The maximum absolute atomic E-state index is 12.7. The predicted octanol–water partition coefficient (Wildman–Crippen LogP) is 7.04. The third-order valence-electron chi connectivity index (χ3n) is 4.76. The number of para-hydroxylation sites is 1. The van der Waals surface area contributed by atoms with E-state index in [4.69, 9.17) is 32.7 Å². The molecule has 33 heavy (non-hydrogen) atoms. The summed E-state index contributed by atoms with van der Waals surface area (Å²) >= 11 is 14.4. The molecular formula is C25H19Cl2IN2O3. The van der Waals surface area contributed by atoms with Gasteiger partial charge in [0.1, 0.15) is 18.2 Å². The van der Waals surface area contributed by atoms with Crippen molar-refractivity contribution in [1.29, 1.82) is 5.26 Å². The number of hydrogen-bond acceptors (Lipinski definition) is 4. The van der Waals surface area contributed by atoms with E-state index in [2.05, 4.69) is 27.9 Å². The zero-order valence-electron chi connectivity index (χ0n) is 17.8. The van der Waals surface area contributed by atoms with Crippen LogP contribution in [0.25, 0.3) is 6.08 Å². The van der Waals surface area contributed by atoms with E-state index >= 15 is 0 Å². The molecule has 0 aliphatic carbocycles. The summed E-state index contributed by atoms with van der Waals surface area (Å²) < 4.78 is 12.3. The minimum atomic E-state index is -0.624. The molecule has 0 aliphatic heterocycles. The van der Waals surface area contributed by atoms with Crippen molar-refractivity contribution < 1.29 is 14.3 Å². The van der Waals surface area contributed by atoms with Gasteiger partial charge in [-0.05, 0) is 76.5 Å². The van der Waals surface area contributed by atoms with E-state index in [1.54, 1.807) is 24.3 Å². The minimum Gasteiger partial charge on any atom is -0.493 e. The number of nitriles is 1. The molecule has 8 heteroatoms. The first-order valence-electron chi connectivity index (χ1n) is 9.76. The Balaban J connectivity index is 1.86. The van der Waals surface area contributed by atoms with E-state index < -0.39 is 5.91 Å². The van der Waals surface area contributed by atoms with Crippen LogP contribution in [0.4, 0.5) is 5.69 Å². The van der Waals surface area contributed by atoms with Crippen LogP contribution in [0.2, 0.25) is 10.0 Å². The van der Waals surface area contributed by atoms with Crippen molar-refractivity contribution in [3.63, 3.8) is 0 Å². The van der Waals surface area contributed by atoms with Crippen LogP contribution in [0.15, 0.2) is 60.2 Å². The largest absolute Gasteiger partial charge is 0.493 e. The fraction of sp³-hybridized carbons (Fsp3) is 0.120. The molecule has 1 N–H and O–H groups in total. The lowest BCUT2D eigenvalue weighted by Gasteiger charge is -2.15. The first-order valence-corrected chi connectivity index (χ1v) is 11.6. The van der Waals surface area contributed by atoms with Gasteiger partial charge in [0.25, 0.3) is 5.91 Å². The number of nitrogens with zero attached hydrogens (tertiary/aromatic N) is 1. The number of ether oxygens (including phenoxy) is 2. The van der Waals surface area contributed by atoms with E-state index in [0.717, 1.165) is 14.7 Å². The highest BCUT2D eigenvalue weighted by Crippen LogP contribution is 2.36. The van der Waals surface area contributed by atoms with Crippen molar-refractivity contribution in [1.82, 2.24) is 0 Å². The molecule has 3 aromatic carbocycles. The van der Waals surface area contributed by atoms with Gasteiger partial charge in [-0.3, -0.25) is 4.79 Å². The van der Waals surface area contributed by atoms with Gasteiger partial charge in [0.2, 0.25) is 0 Å². The highest BCUT2D eigenvalue weighted by Gasteiger charge is 2.16. The quantitative estimate of drug-likeness (QED) is 0.181. The second-order valence-electron chi connectivity index (χ2n) is 6.97. The molecule has 3 rings (SSSR count). The zero-order chi connectivity index (χ0) is 24.0. The number of amides is 1. The number of halogens is 3. The van der Waals surface area contributed by atoms with Gasteiger partial charge in [-0.2, -0.15) is 5.26 Å². The maximum atomic E-state index is 12.7. The Labute approximate surface area is 216 Å². The average Bonchev–Trinajstić information content (AvgIpc) is 2.79. The molecule has 0 saturated carbocycles. The van der Waals surface area contributed by atoms with Gasteiger partial charge in [0.05, 0.1) is 26.4 Å². The molecule has 0 radical (unpaired) electrons. The summed E-state index contributed by atoms with van der Waals surface area (Å²) in [4.78, 5) is 12.7. The summed E-state index contributed by atoms with van der Waals surface area (Å²) in [5, 5.41) is 12.7. The van der Waals surface area contributed by atoms with E-state index in [-0.39, 0.29) is 21.3 Å². The number of nitrogens with one attached hydrogen (secondary N) is 1. The van der Waals surface area contributed by atoms with Gasteiger partial charge in [-0.25, -0.2) is 0 Å². The van der Waals surface area contributed by atoms with Crippen LogP contribution in [0.3, 0.4) is 0 Å². The van der Waals surface area contributed by atoms with Crippen LogP contribution < -0.4 is 14.8 Å².